The molecule has 1 aromatic heterocycles. The van der Waals surface area contributed by atoms with Crippen molar-refractivity contribution in [1.29, 1.82) is 0 Å². The minimum Gasteiger partial charge on any atom is -0.343 e. The number of aryl methyl sites for hydroxylation is 1. The first kappa shape index (κ1) is 15.9. The van der Waals surface area contributed by atoms with Gasteiger partial charge in [0, 0.05) is 12.7 Å². The van der Waals surface area contributed by atoms with E-state index in [1.807, 2.05) is 37.4 Å². The molecule has 0 fully saturated rings. The van der Waals surface area contributed by atoms with E-state index in [0.717, 1.165) is 16.2 Å². The van der Waals surface area contributed by atoms with Crippen LogP contribution in [0.15, 0.2) is 48.5 Å². The molecule has 0 amide bonds. The van der Waals surface area contributed by atoms with Crippen LogP contribution in [0.3, 0.4) is 0 Å². The minimum atomic E-state index is 0.122. The Morgan fingerprint density at radius 1 is 1.22 bits per heavy atom. The molecule has 0 saturated carbocycles. The number of fused-ring (bicyclic) bond motifs is 1. The van der Waals surface area contributed by atoms with Crippen molar-refractivity contribution in [3.05, 3.63) is 59.1 Å². The molecule has 0 radical (unpaired) electrons. The van der Waals surface area contributed by atoms with Crippen LogP contribution in [-0.4, -0.2) is 22.0 Å². The predicted molar refractivity (Wildman–Crippen MR) is 103 cm³/mol. The van der Waals surface area contributed by atoms with Gasteiger partial charge in [0.25, 0.3) is 0 Å². The van der Waals surface area contributed by atoms with E-state index >= 15 is 0 Å². The zero-order chi connectivity index (χ0) is 16.4. The van der Waals surface area contributed by atoms with Gasteiger partial charge in [0.15, 0.2) is 5.11 Å². The lowest BCUT2D eigenvalue weighted by Crippen LogP contribution is -2.33. The number of rotatable bonds is 3. The van der Waals surface area contributed by atoms with Gasteiger partial charge < -0.3 is 10.2 Å². The molecule has 1 heterocycles. The van der Waals surface area contributed by atoms with Gasteiger partial charge in [-0.25, -0.2) is 4.98 Å². The first-order valence-electron chi connectivity index (χ1n) is 7.50. The van der Waals surface area contributed by atoms with Gasteiger partial charge in [-0.15, -0.1) is 11.3 Å². The van der Waals surface area contributed by atoms with E-state index in [1.54, 1.807) is 11.3 Å². The largest absolute Gasteiger partial charge is 0.343 e. The maximum absolute atomic E-state index is 5.55. The number of anilines is 1. The third kappa shape index (κ3) is 3.51. The average Bonchev–Trinajstić information content (AvgIpc) is 2.97. The zero-order valence-corrected chi connectivity index (χ0v) is 15.0. The van der Waals surface area contributed by atoms with Crippen molar-refractivity contribution in [2.75, 3.05) is 12.4 Å². The molecule has 0 saturated heterocycles. The summed E-state index contributed by atoms with van der Waals surface area (Å²) in [4.78, 5) is 6.78. The lowest BCUT2D eigenvalue weighted by Gasteiger charge is -2.26. The molecule has 1 N–H and O–H groups in total. The second kappa shape index (κ2) is 6.64. The Kier molecular flexibility index (Phi) is 4.59. The van der Waals surface area contributed by atoms with E-state index in [4.69, 9.17) is 17.2 Å². The molecule has 2 aromatic carbocycles. The van der Waals surface area contributed by atoms with Crippen LogP contribution >= 0.6 is 23.6 Å². The number of para-hydroxylation sites is 1. The Bertz CT molecular complexity index is 808. The summed E-state index contributed by atoms with van der Waals surface area (Å²) < 4.78 is 1.21. The quantitative estimate of drug-likeness (QED) is 0.679. The molecule has 3 rings (SSSR count). The van der Waals surface area contributed by atoms with Crippen molar-refractivity contribution in [2.24, 2.45) is 0 Å². The Labute approximate surface area is 146 Å². The SMILES string of the molecule is Cc1cccc(NC(=S)N(C)[C@@H](C)c2nc3ccccc3s2)c1. The third-order valence-corrected chi connectivity index (χ3v) is 5.44. The minimum absolute atomic E-state index is 0.122. The van der Waals surface area contributed by atoms with Gasteiger partial charge in [-0.2, -0.15) is 0 Å². The average molecular weight is 342 g/mol. The fourth-order valence-electron chi connectivity index (χ4n) is 2.34. The van der Waals surface area contributed by atoms with Gasteiger partial charge >= 0.3 is 0 Å². The molecular formula is C18H19N3S2. The Morgan fingerprint density at radius 3 is 2.74 bits per heavy atom. The first-order valence-corrected chi connectivity index (χ1v) is 8.73. The van der Waals surface area contributed by atoms with Crippen LogP contribution < -0.4 is 5.32 Å². The molecule has 23 heavy (non-hydrogen) atoms. The topological polar surface area (TPSA) is 28.2 Å². The van der Waals surface area contributed by atoms with Gasteiger partial charge in [-0.3, -0.25) is 0 Å². The molecule has 3 nitrogen and oxygen atoms in total. The standard InChI is InChI=1S/C18H19N3S2/c1-12-7-6-8-14(11-12)19-18(22)21(3)13(2)17-20-15-9-4-5-10-16(15)23-17/h4-11,13H,1-3H3,(H,19,22)/t13-/m0/s1. The van der Waals surface area contributed by atoms with E-state index in [2.05, 4.69) is 42.3 Å². The molecule has 1 atom stereocenters. The highest BCUT2D eigenvalue weighted by Crippen LogP contribution is 2.29. The van der Waals surface area contributed by atoms with Crippen molar-refractivity contribution >= 4 is 44.6 Å². The summed E-state index contributed by atoms with van der Waals surface area (Å²) in [6.07, 6.45) is 0. The van der Waals surface area contributed by atoms with Crippen LogP contribution in [0, 0.1) is 6.92 Å². The Morgan fingerprint density at radius 2 is 2.00 bits per heavy atom. The number of aromatic nitrogens is 1. The number of hydrogen-bond acceptors (Lipinski definition) is 3. The summed E-state index contributed by atoms with van der Waals surface area (Å²) in [7, 11) is 2.00. The van der Waals surface area contributed by atoms with Crippen LogP contribution in [0.25, 0.3) is 10.2 Å². The lowest BCUT2D eigenvalue weighted by atomic mass is 10.2. The van der Waals surface area contributed by atoms with E-state index < -0.39 is 0 Å². The number of nitrogens with zero attached hydrogens (tertiary/aromatic N) is 2. The highest BCUT2D eigenvalue weighted by Gasteiger charge is 2.18. The van der Waals surface area contributed by atoms with Crippen LogP contribution in [0.2, 0.25) is 0 Å². The summed E-state index contributed by atoms with van der Waals surface area (Å²) in [5.74, 6) is 0. The van der Waals surface area contributed by atoms with Gasteiger partial charge in [0.2, 0.25) is 0 Å². The maximum Gasteiger partial charge on any atom is 0.173 e. The molecule has 0 unspecified atom stereocenters. The van der Waals surface area contributed by atoms with Gasteiger partial charge in [0.05, 0.1) is 16.3 Å². The maximum atomic E-state index is 5.55. The monoisotopic (exact) mass is 341 g/mol. The fourth-order valence-corrected chi connectivity index (χ4v) is 3.68. The van der Waals surface area contributed by atoms with Crippen LogP contribution in [-0.2, 0) is 0 Å². The molecule has 5 heteroatoms. The van der Waals surface area contributed by atoms with E-state index in [9.17, 15) is 0 Å². The van der Waals surface area contributed by atoms with Crippen LogP contribution in [0.5, 0.6) is 0 Å². The number of hydrogen-bond donors (Lipinski definition) is 1. The lowest BCUT2D eigenvalue weighted by molar-refractivity contribution is 0.407. The van der Waals surface area contributed by atoms with Crippen LogP contribution in [0.4, 0.5) is 5.69 Å². The fraction of sp³-hybridized carbons (Fsp3) is 0.222. The molecular weight excluding hydrogens is 322 g/mol. The van der Waals surface area contributed by atoms with E-state index in [-0.39, 0.29) is 6.04 Å². The molecule has 0 spiro atoms. The number of nitrogens with one attached hydrogen (secondary N) is 1. The molecule has 0 aliphatic rings. The van der Waals surface area contributed by atoms with E-state index in [1.165, 1.54) is 10.3 Å². The van der Waals surface area contributed by atoms with Crippen molar-refractivity contribution in [1.82, 2.24) is 9.88 Å². The summed E-state index contributed by atoms with van der Waals surface area (Å²) in [6, 6.07) is 16.5. The number of benzene rings is 2. The highest BCUT2D eigenvalue weighted by atomic mass is 32.1. The summed E-state index contributed by atoms with van der Waals surface area (Å²) in [5, 5.41) is 5.07. The molecule has 3 aromatic rings. The van der Waals surface area contributed by atoms with E-state index in [0.29, 0.717) is 5.11 Å². The van der Waals surface area contributed by atoms with Gasteiger partial charge in [-0.05, 0) is 55.9 Å². The van der Waals surface area contributed by atoms with Crippen molar-refractivity contribution in [2.45, 2.75) is 19.9 Å². The van der Waals surface area contributed by atoms with Crippen molar-refractivity contribution in [3.8, 4) is 0 Å². The normalized spacial score (nSPS) is 12.1. The Balaban J connectivity index is 1.75. The summed E-state index contributed by atoms with van der Waals surface area (Å²) >= 11 is 7.27. The summed E-state index contributed by atoms with van der Waals surface area (Å²) in [6.45, 7) is 4.20. The van der Waals surface area contributed by atoms with Crippen LogP contribution in [0.1, 0.15) is 23.5 Å². The van der Waals surface area contributed by atoms with Gasteiger partial charge in [-0.1, -0.05) is 24.3 Å². The van der Waals surface area contributed by atoms with Crippen molar-refractivity contribution in [3.63, 3.8) is 0 Å². The Hall–Kier alpha value is -1.98. The van der Waals surface area contributed by atoms with Gasteiger partial charge in [0.1, 0.15) is 5.01 Å². The molecule has 0 aliphatic carbocycles. The number of thiazole rings is 1. The smallest absolute Gasteiger partial charge is 0.173 e. The summed E-state index contributed by atoms with van der Waals surface area (Å²) in [5.41, 5.74) is 3.27. The third-order valence-electron chi connectivity index (χ3n) is 3.84. The van der Waals surface area contributed by atoms with Crippen molar-refractivity contribution < 1.29 is 0 Å². The second-order valence-electron chi connectivity index (χ2n) is 5.61. The number of thiocarbonyl (C=S) groups is 1. The molecule has 0 bridgehead atoms. The zero-order valence-electron chi connectivity index (χ0n) is 13.4. The first-order chi connectivity index (χ1) is 11.0. The highest BCUT2D eigenvalue weighted by molar-refractivity contribution is 7.80. The second-order valence-corrected chi connectivity index (χ2v) is 7.06. The molecule has 118 valence electrons. The predicted octanol–water partition coefficient (Wildman–Crippen LogP) is 4.99. The molecule has 0 aliphatic heterocycles.